The molecule has 2 N–H and O–H groups in total. The van der Waals surface area contributed by atoms with Gasteiger partial charge in [-0.15, -0.1) is 0 Å². The lowest BCUT2D eigenvalue weighted by atomic mass is 10.1. The normalized spacial score (nSPS) is 14.5. The minimum Gasteiger partial charge on any atom is -0.462 e. The van der Waals surface area contributed by atoms with Crippen LogP contribution >= 0.6 is 0 Å². The third-order valence-corrected chi connectivity index (χ3v) is 4.36. The van der Waals surface area contributed by atoms with E-state index in [9.17, 15) is 9.59 Å². The third kappa shape index (κ3) is 5.16. The molecule has 8 nitrogen and oxygen atoms in total. The fourth-order valence-electron chi connectivity index (χ4n) is 2.96. The van der Waals surface area contributed by atoms with E-state index in [2.05, 4.69) is 25.5 Å². The maximum atomic E-state index is 12.2. The van der Waals surface area contributed by atoms with Crippen LogP contribution in [0.1, 0.15) is 30.1 Å². The quantitative estimate of drug-likeness (QED) is 0.786. The molecule has 3 rings (SSSR count). The van der Waals surface area contributed by atoms with Crippen molar-refractivity contribution in [1.82, 2.24) is 15.3 Å². The van der Waals surface area contributed by atoms with E-state index in [0.717, 1.165) is 31.7 Å². The molecule has 1 aromatic heterocycles. The average molecular weight is 369 g/mol. The van der Waals surface area contributed by atoms with Crippen LogP contribution in [0.3, 0.4) is 0 Å². The van der Waals surface area contributed by atoms with Crippen LogP contribution in [-0.2, 0) is 4.74 Å². The molecule has 2 heterocycles. The summed E-state index contributed by atoms with van der Waals surface area (Å²) >= 11 is 0. The predicted molar refractivity (Wildman–Crippen MR) is 102 cm³/mol. The number of ether oxygens (including phenoxy) is 1. The lowest BCUT2D eigenvalue weighted by Crippen LogP contribution is -2.46. The maximum absolute atomic E-state index is 12.2. The number of urea groups is 1. The molecule has 142 valence electrons. The number of nitrogens with zero attached hydrogens (tertiary/aromatic N) is 3. The number of benzene rings is 1. The zero-order valence-corrected chi connectivity index (χ0v) is 15.2. The van der Waals surface area contributed by atoms with E-state index in [-0.39, 0.29) is 18.0 Å². The van der Waals surface area contributed by atoms with E-state index in [1.807, 2.05) is 0 Å². The Morgan fingerprint density at radius 2 is 1.93 bits per heavy atom. The van der Waals surface area contributed by atoms with Crippen LogP contribution in [0.4, 0.5) is 16.3 Å². The molecule has 2 aromatic rings. The van der Waals surface area contributed by atoms with Crippen molar-refractivity contribution in [3.8, 4) is 0 Å². The number of carbonyl (C=O) groups is 2. The minimum absolute atomic E-state index is 0.108. The summed E-state index contributed by atoms with van der Waals surface area (Å²) in [7, 11) is 0. The van der Waals surface area contributed by atoms with Crippen LogP contribution < -0.4 is 15.5 Å². The van der Waals surface area contributed by atoms with Gasteiger partial charge in [0.1, 0.15) is 5.82 Å². The number of hydrogen-bond acceptors (Lipinski definition) is 6. The SMILES string of the molecule is CCOC(=O)c1ccc(NC(=O)NC2CCN(c3cnccn3)CC2)cc1. The van der Waals surface area contributed by atoms with Gasteiger partial charge in [-0.1, -0.05) is 0 Å². The van der Waals surface area contributed by atoms with Crippen LogP contribution in [0.25, 0.3) is 0 Å². The molecule has 0 bridgehead atoms. The molecule has 0 saturated carbocycles. The molecule has 2 amide bonds. The fraction of sp³-hybridized carbons (Fsp3) is 0.368. The Morgan fingerprint density at radius 3 is 2.56 bits per heavy atom. The van der Waals surface area contributed by atoms with Crippen molar-refractivity contribution in [1.29, 1.82) is 0 Å². The van der Waals surface area contributed by atoms with E-state index < -0.39 is 0 Å². The highest BCUT2D eigenvalue weighted by Gasteiger charge is 2.21. The summed E-state index contributed by atoms with van der Waals surface area (Å²) in [4.78, 5) is 34.4. The number of hydrogen-bond donors (Lipinski definition) is 2. The van der Waals surface area contributed by atoms with Gasteiger partial charge in [-0.2, -0.15) is 0 Å². The summed E-state index contributed by atoms with van der Waals surface area (Å²) in [5.41, 5.74) is 1.08. The van der Waals surface area contributed by atoms with Crippen molar-refractivity contribution in [3.63, 3.8) is 0 Å². The predicted octanol–water partition coefficient (Wildman–Crippen LogP) is 2.44. The topological polar surface area (TPSA) is 96.4 Å². The van der Waals surface area contributed by atoms with Gasteiger partial charge in [0.25, 0.3) is 0 Å². The van der Waals surface area contributed by atoms with Crippen LogP contribution in [0, 0.1) is 0 Å². The zero-order valence-electron chi connectivity index (χ0n) is 15.2. The van der Waals surface area contributed by atoms with Crippen LogP contribution in [0.2, 0.25) is 0 Å². The van der Waals surface area contributed by atoms with Crippen LogP contribution in [0.15, 0.2) is 42.9 Å². The number of piperidine rings is 1. The number of amides is 2. The number of carbonyl (C=O) groups excluding carboxylic acids is 2. The van der Waals surface area contributed by atoms with E-state index in [1.54, 1.807) is 49.8 Å². The van der Waals surface area contributed by atoms with E-state index in [1.165, 1.54) is 0 Å². The molecule has 1 aromatic carbocycles. The first-order chi connectivity index (χ1) is 13.2. The molecular formula is C19H23N5O3. The summed E-state index contributed by atoms with van der Waals surface area (Å²) in [5.74, 6) is 0.491. The summed E-state index contributed by atoms with van der Waals surface area (Å²) in [6.07, 6.45) is 6.76. The second-order valence-electron chi connectivity index (χ2n) is 6.22. The zero-order chi connectivity index (χ0) is 19.1. The molecule has 1 saturated heterocycles. The Bertz CT molecular complexity index is 759. The van der Waals surface area contributed by atoms with E-state index in [0.29, 0.717) is 17.9 Å². The Kier molecular flexibility index (Phi) is 6.19. The number of anilines is 2. The summed E-state index contributed by atoms with van der Waals surface area (Å²) in [5, 5.41) is 5.78. The van der Waals surface area contributed by atoms with E-state index in [4.69, 9.17) is 4.74 Å². The maximum Gasteiger partial charge on any atom is 0.338 e. The van der Waals surface area contributed by atoms with Crippen LogP contribution in [-0.4, -0.2) is 47.7 Å². The molecule has 8 heteroatoms. The molecule has 1 fully saturated rings. The molecular weight excluding hydrogens is 346 g/mol. The number of nitrogens with one attached hydrogen (secondary N) is 2. The average Bonchev–Trinajstić information content (AvgIpc) is 2.70. The second-order valence-corrected chi connectivity index (χ2v) is 6.22. The molecule has 0 spiro atoms. The highest BCUT2D eigenvalue weighted by molar-refractivity contribution is 5.92. The Balaban J connectivity index is 1.45. The van der Waals surface area contributed by atoms with Gasteiger partial charge in [0, 0.05) is 37.2 Å². The summed E-state index contributed by atoms with van der Waals surface area (Å²) < 4.78 is 4.94. The Hall–Kier alpha value is -3.16. The van der Waals surface area contributed by atoms with Gasteiger partial charge >= 0.3 is 12.0 Å². The minimum atomic E-state index is -0.372. The van der Waals surface area contributed by atoms with Crippen molar-refractivity contribution in [2.24, 2.45) is 0 Å². The van der Waals surface area contributed by atoms with Gasteiger partial charge in [-0.3, -0.25) is 4.98 Å². The molecule has 0 unspecified atom stereocenters. The Labute approximate surface area is 158 Å². The molecule has 0 radical (unpaired) electrons. The first-order valence-electron chi connectivity index (χ1n) is 9.01. The van der Waals surface area contributed by atoms with Crippen molar-refractivity contribution in [2.75, 3.05) is 29.9 Å². The van der Waals surface area contributed by atoms with Gasteiger partial charge in [-0.05, 0) is 44.0 Å². The van der Waals surface area contributed by atoms with Gasteiger partial charge in [0.05, 0.1) is 18.4 Å². The van der Waals surface area contributed by atoms with Gasteiger partial charge in [0.15, 0.2) is 0 Å². The van der Waals surface area contributed by atoms with Crippen molar-refractivity contribution >= 4 is 23.5 Å². The van der Waals surface area contributed by atoms with E-state index >= 15 is 0 Å². The van der Waals surface area contributed by atoms with Crippen molar-refractivity contribution in [3.05, 3.63) is 48.4 Å². The first kappa shape index (κ1) is 18.6. The highest BCUT2D eigenvalue weighted by Crippen LogP contribution is 2.17. The molecule has 0 aliphatic carbocycles. The second kappa shape index (κ2) is 8.98. The lowest BCUT2D eigenvalue weighted by Gasteiger charge is -2.32. The molecule has 0 atom stereocenters. The Morgan fingerprint density at radius 1 is 1.19 bits per heavy atom. The fourth-order valence-corrected chi connectivity index (χ4v) is 2.96. The van der Waals surface area contributed by atoms with Crippen molar-refractivity contribution in [2.45, 2.75) is 25.8 Å². The number of aromatic nitrogens is 2. The van der Waals surface area contributed by atoms with Gasteiger partial charge < -0.3 is 20.3 Å². The molecule has 1 aliphatic heterocycles. The first-order valence-corrected chi connectivity index (χ1v) is 9.01. The van der Waals surface area contributed by atoms with Gasteiger partial charge in [0.2, 0.25) is 0 Å². The van der Waals surface area contributed by atoms with Crippen LogP contribution in [0.5, 0.6) is 0 Å². The van der Waals surface area contributed by atoms with Crippen molar-refractivity contribution < 1.29 is 14.3 Å². The van der Waals surface area contributed by atoms with Gasteiger partial charge in [-0.25, -0.2) is 14.6 Å². The smallest absolute Gasteiger partial charge is 0.338 e. The molecule has 27 heavy (non-hydrogen) atoms. The lowest BCUT2D eigenvalue weighted by molar-refractivity contribution is 0.0526. The standard InChI is InChI=1S/C19H23N5O3/c1-2-27-18(25)14-3-5-15(6-4-14)22-19(26)23-16-7-11-24(12-8-16)17-13-20-9-10-21-17/h3-6,9-10,13,16H,2,7-8,11-12H2,1H3,(H2,22,23,26). The highest BCUT2D eigenvalue weighted by atomic mass is 16.5. The summed E-state index contributed by atoms with van der Waals surface area (Å²) in [6.45, 7) is 3.72. The monoisotopic (exact) mass is 369 g/mol. The number of esters is 1. The molecule has 1 aliphatic rings. The third-order valence-electron chi connectivity index (χ3n) is 4.36. The largest absolute Gasteiger partial charge is 0.462 e. The number of rotatable bonds is 5. The summed E-state index contributed by atoms with van der Waals surface area (Å²) in [6, 6.07) is 6.49.